The highest BCUT2D eigenvalue weighted by molar-refractivity contribution is 7.90. The molecule has 0 aliphatic heterocycles. The second-order valence-electron chi connectivity index (χ2n) is 3.70. The minimum absolute atomic E-state index is 0.144. The maximum absolute atomic E-state index is 11.3. The Balaban J connectivity index is 3.36. The van der Waals surface area contributed by atoms with Crippen molar-refractivity contribution in [3.05, 3.63) is 17.5 Å². The Bertz CT molecular complexity index is 454. The van der Waals surface area contributed by atoms with Gasteiger partial charge in [0.25, 0.3) is 0 Å². The Hall–Kier alpha value is -1.01. The van der Waals surface area contributed by atoms with E-state index in [0.29, 0.717) is 11.4 Å². The lowest BCUT2D eigenvalue weighted by molar-refractivity contribution is 0.589. The average molecular weight is 229 g/mol. The molecule has 0 aliphatic rings. The van der Waals surface area contributed by atoms with Gasteiger partial charge in [-0.1, -0.05) is 13.8 Å². The standard InChI is InChI=1S/C9H15N3O2S/c1-6(2)8-4-7(5-10)11-9(12-8)15(3,13)14/h4,6H,5,10H2,1-3H3. The summed E-state index contributed by atoms with van der Waals surface area (Å²) < 4.78 is 22.6. The fourth-order valence-corrected chi connectivity index (χ4v) is 1.61. The second kappa shape index (κ2) is 4.24. The smallest absolute Gasteiger partial charge is 0.247 e. The molecule has 1 aromatic heterocycles. The lowest BCUT2D eigenvalue weighted by atomic mass is 10.1. The van der Waals surface area contributed by atoms with Crippen molar-refractivity contribution in [1.29, 1.82) is 0 Å². The van der Waals surface area contributed by atoms with E-state index < -0.39 is 9.84 Å². The molecule has 6 heteroatoms. The van der Waals surface area contributed by atoms with Crippen LogP contribution < -0.4 is 5.73 Å². The second-order valence-corrected chi connectivity index (χ2v) is 5.61. The van der Waals surface area contributed by atoms with Gasteiger partial charge in [-0.15, -0.1) is 0 Å². The SMILES string of the molecule is CC(C)c1cc(CN)nc(S(C)(=O)=O)n1. The van der Waals surface area contributed by atoms with Crippen LogP contribution in [-0.4, -0.2) is 24.6 Å². The number of rotatable bonds is 3. The fraction of sp³-hybridized carbons (Fsp3) is 0.556. The lowest BCUT2D eigenvalue weighted by Crippen LogP contribution is -2.11. The maximum Gasteiger partial charge on any atom is 0.247 e. The number of sulfone groups is 1. The Morgan fingerprint density at radius 2 is 2.00 bits per heavy atom. The van der Waals surface area contributed by atoms with Gasteiger partial charge >= 0.3 is 0 Å². The fourth-order valence-electron chi connectivity index (χ4n) is 1.06. The summed E-state index contributed by atoms with van der Waals surface area (Å²) in [4.78, 5) is 7.88. The van der Waals surface area contributed by atoms with E-state index in [0.717, 1.165) is 6.26 Å². The molecule has 0 aliphatic carbocycles. The topological polar surface area (TPSA) is 85.9 Å². The first-order valence-electron chi connectivity index (χ1n) is 4.62. The van der Waals surface area contributed by atoms with E-state index in [1.807, 2.05) is 13.8 Å². The predicted octanol–water partition coefficient (Wildman–Crippen LogP) is 0.462. The van der Waals surface area contributed by atoms with Crippen LogP contribution in [0.4, 0.5) is 0 Å². The first-order chi connectivity index (χ1) is 6.84. The monoisotopic (exact) mass is 229 g/mol. The van der Waals surface area contributed by atoms with Crippen molar-refractivity contribution in [2.45, 2.75) is 31.5 Å². The van der Waals surface area contributed by atoms with Crippen LogP contribution in [0.5, 0.6) is 0 Å². The van der Waals surface area contributed by atoms with Crippen molar-refractivity contribution < 1.29 is 8.42 Å². The summed E-state index contributed by atoms with van der Waals surface area (Å²) in [6, 6.07) is 1.74. The summed E-state index contributed by atoms with van der Waals surface area (Å²) in [5.74, 6) is 0.152. The first kappa shape index (κ1) is 12.1. The normalized spacial score (nSPS) is 12.1. The van der Waals surface area contributed by atoms with Crippen LogP contribution in [0.1, 0.15) is 31.2 Å². The molecular formula is C9H15N3O2S. The average Bonchev–Trinajstić information content (AvgIpc) is 2.15. The Morgan fingerprint density at radius 1 is 1.40 bits per heavy atom. The summed E-state index contributed by atoms with van der Waals surface area (Å²) in [5.41, 5.74) is 6.70. The summed E-state index contributed by atoms with van der Waals surface area (Å²) in [6.45, 7) is 4.09. The molecular weight excluding hydrogens is 214 g/mol. The molecule has 15 heavy (non-hydrogen) atoms. The van der Waals surface area contributed by atoms with Crippen LogP contribution in [0.3, 0.4) is 0 Å². The highest BCUT2D eigenvalue weighted by Gasteiger charge is 2.14. The quantitative estimate of drug-likeness (QED) is 0.761. The van der Waals surface area contributed by atoms with Gasteiger partial charge in [0.2, 0.25) is 15.0 Å². The molecule has 0 radical (unpaired) electrons. The zero-order valence-electron chi connectivity index (χ0n) is 9.06. The predicted molar refractivity (Wildman–Crippen MR) is 57.1 cm³/mol. The van der Waals surface area contributed by atoms with Crippen LogP contribution in [0.25, 0.3) is 0 Å². The summed E-state index contributed by atoms with van der Waals surface area (Å²) in [7, 11) is -3.37. The molecule has 0 aromatic carbocycles. The zero-order valence-corrected chi connectivity index (χ0v) is 9.87. The van der Waals surface area contributed by atoms with Crippen LogP contribution >= 0.6 is 0 Å². The van der Waals surface area contributed by atoms with Crippen molar-refractivity contribution in [1.82, 2.24) is 9.97 Å². The van der Waals surface area contributed by atoms with Crippen LogP contribution in [0, 0.1) is 0 Å². The van der Waals surface area contributed by atoms with Gasteiger partial charge in [0.15, 0.2) is 0 Å². The minimum atomic E-state index is -3.37. The van der Waals surface area contributed by atoms with Gasteiger partial charge in [-0.3, -0.25) is 0 Å². The minimum Gasteiger partial charge on any atom is -0.325 e. The molecule has 1 aromatic rings. The molecule has 1 heterocycles. The Labute approximate surface area is 89.7 Å². The molecule has 0 unspecified atom stereocenters. The third-order valence-electron chi connectivity index (χ3n) is 1.91. The van der Waals surface area contributed by atoms with Gasteiger partial charge in [-0.2, -0.15) is 0 Å². The molecule has 0 saturated carbocycles. The molecule has 0 amide bonds. The molecule has 0 atom stereocenters. The highest BCUT2D eigenvalue weighted by atomic mass is 32.2. The van der Waals surface area contributed by atoms with E-state index in [-0.39, 0.29) is 17.6 Å². The number of nitrogens with two attached hydrogens (primary N) is 1. The van der Waals surface area contributed by atoms with E-state index in [1.165, 1.54) is 0 Å². The molecule has 0 saturated heterocycles. The van der Waals surface area contributed by atoms with Crippen LogP contribution in [0.2, 0.25) is 0 Å². The molecule has 1 rings (SSSR count). The maximum atomic E-state index is 11.3. The third-order valence-corrected chi connectivity index (χ3v) is 2.76. The highest BCUT2D eigenvalue weighted by Crippen LogP contribution is 2.14. The first-order valence-corrected chi connectivity index (χ1v) is 6.51. The van der Waals surface area contributed by atoms with Crippen molar-refractivity contribution >= 4 is 9.84 Å². The molecule has 0 bridgehead atoms. The number of hydrogen-bond acceptors (Lipinski definition) is 5. The van der Waals surface area contributed by atoms with Gasteiger partial charge in [-0.05, 0) is 12.0 Å². The summed E-state index contributed by atoms with van der Waals surface area (Å²) >= 11 is 0. The summed E-state index contributed by atoms with van der Waals surface area (Å²) in [6.07, 6.45) is 1.09. The van der Waals surface area contributed by atoms with Gasteiger partial charge in [0, 0.05) is 18.5 Å². The van der Waals surface area contributed by atoms with Crippen LogP contribution in [0.15, 0.2) is 11.2 Å². The van der Waals surface area contributed by atoms with Crippen molar-refractivity contribution in [3.63, 3.8) is 0 Å². The number of nitrogens with zero attached hydrogens (tertiary/aromatic N) is 2. The molecule has 84 valence electrons. The largest absolute Gasteiger partial charge is 0.325 e. The van der Waals surface area contributed by atoms with Crippen LogP contribution in [-0.2, 0) is 16.4 Å². The third kappa shape index (κ3) is 2.97. The van der Waals surface area contributed by atoms with E-state index in [2.05, 4.69) is 9.97 Å². The van der Waals surface area contributed by atoms with E-state index >= 15 is 0 Å². The van der Waals surface area contributed by atoms with E-state index in [4.69, 9.17) is 5.73 Å². The Morgan fingerprint density at radius 3 is 2.40 bits per heavy atom. The van der Waals surface area contributed by atoms with Crippen molar-refractivity contribution in [2.75, 3.05) is 6.26 Å². The van der Waals surface area contributed by atoms with E-state index in [1.54, 1.807) is 6.07 Å². The van der Waals surface area contributed by atoms with Gasteiger partial charge < -0.3 is 5.73 Å². The Kier molecular flexibility index (Phi) is 3.41. The number of hydrogen-bond donors (Lipinski definition) is 1. The lowest BCUT2D eigenvalue weighted by Gasteiger charge is -2.08. The van der Waals surface area contributed by atoms with Gasteiger partial charge in [-0.25, -0.2) is 18.4 Å². The molecule has 0 spiro atoms. The summed E-state index contributed by atoms with van der Waals surface area (Å²) in [5, 5.41) is -0.144. The molecule has 0 fully saturated rings. The van der Waals surface area contributed by atoms with Gasteiger partial charge in [0.1, 0.15) is 0 Å². The number of aromatic nitrogens is 2. The zero-order chi connectivity index (χ0) is 11.6. The molecule has 2 N–H and O–H groups in total. The van der Waals surface area contributed by atoms with Gasteiger partial charge in [0.05, 0.1) is 5.69 Å². The van der Waals surface area contributed by atoms with Crippen molar-refractivity contribution in [2.24, 2.45) is 5.73 Å². The van der Waals surface area contributed by atoms with Crippen molar-refractivity contribution in [3.8, 4) is 0 Å². The van der Waals surface area contributed by atoms with E-state index in [9.17, 15) is 8.42 Å². The molecule has 5 nitrogen and oxygen atoms in total.